The minimum absolute atomic E-state index is 0.0613. The smallest absolute Gasteiger partial charge is 0.196 e. The van der Waals surface area contributed by atoms with E-state index in [1.165, 1.54) is 48.5 Å². The summed E-state index contributed by atoms with van der Waals surface area (Å²) in [5.74, 6) is -1.09. The van der Waals surface area contributed by atoms with Gasteiger partial charge in [-0.25, -0.2) is 16.8 Å². The van der Waals surface area contributed by atoms with Gasteiger partial charge in [-0.3, -0.25) is 9.59 Å². The molecule has 0 heterocycles. The average molecular weight is 661 g/mol. The molecule has 0 unspecified atom stereocenters. The van der Waals surface area contributed by atoms with Crippen LogP contribution in [0.4, 0.5) is 22.7 Å². The molecule has 0 atom stereocenters. The highest BCUT2D eigenvalue weighted by atomic mass is 32.2. The quantitative estimate of drug-likeness (QED) is 0.142. The van der Waals surface area contributed by atoms with Crippen LogP contribution in [0.15, 0.2) is 82.6 Å². The highest BCUT2D eigenvalue weighted by Crippen LogP contribution is 2.40. The molecule has 2 N–H and O–H groups in total. The van der Waals surface area contributed by atoms with Crippen molar-refractivity contribution in [3.05, 3.63) is 106 Å². The second-order valence-corrected chi connectivity index (χ2v) is 13.8. The summed E-state index contributed by atoms with van der Waals surface area (Å²) in [4.78, 5) is 26.9. The number of benzene rings is 4. The maximum atomic E-state index is 13.9. The van der Waals surface area contributed by atoms with Crippen LogP contribution in [-0.2, 0) is 33.1 Å². The third kappa shape index (κ3) is 6.75. The monoisotopic (exact) mass is 660 g/mol. The summed E-state index contributed by atoms with van der Waals surface area (Å²) in [6, 6.07) is 17.9. The van der Waals surface area contributed by atoms with Gasteiger partial charge in [0.2, 0.25) is 0 Å². The van der Waals surface area contributed by atoms with Gasteiger partial charge in [-0.15, -0.1) is 0 Å². The summed E-state index contributed by atoms with van der Waals surface area (Å²) in [5.41, 5.74) is 1.33. The molecule has 4 aromatic carbocycles. The van der Waals surface area contributed by atoms with Crippen molar-refractivity contribution >= 4 is 54.6 Å². The molecule has 0 bridgehead atoms. The summed E-state index contributed by atoms with van der Waals surface area (Å²) < 4.78 is 73.7. The molecule has 5 rings (SSSR count). The van der Waals surface area contributed by atoms with Gasteiger partial charge in [-0.2, -0.15) is 0 Å². The third-order valence-electron chi connectivity index (χ3n) is 7.88. The number of ketones is 2. The number of aryl methyl sites for hydroxylation is 2. The average Bonchev–Trinajstić information content (AvgIpc) is 3.02. The van der Waals surface area contributed by atoms with Gasteiger partial charge in [0.25, 0.3) is 0 Å². The molecule has 10 nitrogen and oxygen atoms in total. The molecule has 240 valence electrons. The van der Waals surface area contributed by atoms with E-state index in [4.69, 9.17) is 0 Å². The van der Waals surface area contributed by atoms with Gasteiger partial charge in [-0.1, -0.05) is 63.1 Å². The Hall–Kier alpha value is -4.36. The van der Waals surface area contributed by atoms with Crippen LogP contribution in [-0.4, -0.2) is 37.5 Å². The number of unbranched alkanes of at least 4 members (excludes halogenated alkanes) is 2. The van der Waals surface area contributed by atoms with Crippen molar-refractivity contribution in [2.75, 3.05) is 10.6 Å². The lowest BCUT2D eigenvalue weighted by Gasteiger charge is -2.25. The van der Waals surface area contributed by atoms with Crippen molar-refractivity contribution in [2.45, 2.75) is 62.2 Å². The standard InChI is InChI=1S/C34H34N2O8S2/c1-3-5-9-21-13-15-25(29(19-21)45(39,40)41)35-27-17-18-28(32-31(27)33(37)23-11-7-8-12-24(23)34(32)38)36-26-16-14-22(10-6-4-2)20-30(26)46(42,43)44/h7-8,11-20,35-36H,3-6,9-10H2,1-2H3,(H,39,40,41)(H,42,43,44)/p-2. The number of rotatable bonds is 12. The van der Waals surface area contributed by atoms with E-state index >= 15 is 0 Å². The predicted octanol–water partition coefficient (Wildman–Crippen LogP) is 6.44. The SMILES string of the molecule is CCCCc1ccc(Nc2ccc(Nc3ccc(CCCC)cc3S(=O)(=O)[O-])c3c2C(=O)c2ccccc2C3=O)c(S(=O)(=O)[O-])c1. The Morgan fingerprint density at radius 2 is 0.935 bits per heavy atom. The van der Waals surface area contributed by atoms with Gasteiger partial charge in [0.15, 0.2) is 11.6 Å². The van der Waals surface area contributed by atoms with Gasteiger partial charge in [0.05, 0.1) is 43.7 Å². The third-order valence-corrected chi connectivity index (χ3v) is 9.64. The molecule has 0 spiro atoms. The summed E-state index contributed by atoms with van der Waals surface area (Å²) in [7, 11) is -9.87. The number of hydrogen-bond donors (Lipinski definition) is 2. The van der Waals surface area contributed by atoms with Crippen LogP contribution in [0, 0.1) is 0 Å². The number of fused-ring (bicyclic) bond motifs is 2. The van der Waals surface area contributed by atoms with Gasteiger partial charge < -0.3 is 19.7 Å². The fourth-order valence-electron chi connectivity index (χ4n) is 5.55. The minimum Gasteiger partial charge on any atom is -0.744 e. The molecule has 1 aliphatic rings. The molecular formula is C34H32N2O8S2-2. The summed E-state index contributed by atoms with van der Waals surface area (Å²) in [5, 5.41) is 5.80. The second-order valence-electron chi connectivity index (χ2n) is 11.1. The molecule has 12 heteroatoms. The molecule has 0 amide bonds. The van der Waals surface area contributed by atoms with Crippen LogP contribution in [0.25, 0.3) is 0 Å². The van der Waals surface area contributed by atoms with Gasteiger partial charge in [0.1, 0.15) is 20.2 Å². The zero-order chi connectivity index (χ0) is 33.2. The van der Waals surface area contributed by atoms with Crippen molar-refractivity contribution < 1.29 is 35.5 Å². The van der Waals surface area contributed by atoms with E-state index in [2.05, 4.69) is 10.6 Å². The number of nitrogens with one attached hydrogen (secondary N) is 2. The molecule has 0 fully saturated rings. The van der Waals surface area contributed by atoms with Crippen LogP contribution in [0.2, 0.25) is 0 Å². The molecule has 1 aliphatic carbocycles. The predicted molar refractivity (Wildman–Crippen MR) is 172 cm³/mol. The largest absolute Gasteiger partial charge is 0.744 e. The van der Waals surface area contributed by atoms with E-state index < -0.39 is 41.6 Å². The van der Waals surface area contributed by atoms with Crippen LogP contribution in [0.3, 0.4) is 0 Å². The highest BCUT2D eigenvalue weighted by Gasteiger charge is 2.34. The van der Waals surface area contributed by atoms with E-state index in [0.29, 0.717) is 24.0 Å². The Morgan fingerprint density at radius 3 is 1.28 bits per heavy atom. The Balaban J connectivity index is 1.66. The molecule has 0 radical (unpaired) electrons. The first-order valence-electron chi connectivity index (χ1n) is 14.9. The maximum absolute atomic E-state index is 13.9. The fourth-order valence-corrected chi connectivity index (χ4v) is 6.92. The van der Waals surface area contributed by atoms with Crippen LogP contribution in [0.1, 0.15) is 82.5 Å². The van der Waals surface area contributed by atoms with E-state index in [1.807, 2.05) is 13.8 Å². The molecule has 0 aromatic heterocycles. The number of carbonyl (C=O) groups excluding carboxylic acids is 2. The van der Waals surface area contributed by atoms with E-state index in [0.717, 1.165) is 25.7 Å². The maximum Gasteiger partial charge on any atom is 0.196 e. The zero-order valence-corrected chi connectivity index (χ0v) is 26.9. The Labute approximate surface area is 268 Å². The lowest BCUT2D eigenvalue weighted by molar-refractivity contribution is 0.0980. The van der Waals surface area contributed by atoms with Gasteiger partial charge in [-0.05, 0) is 73.2 Å². The molecule has 0 saturated heterocycles. The van der Waals surface area contributed by atoms with Crippen LogP contribution in [0.5, 0.6) is 0 Å². The molecule has 0 saturated carbocycles. The molecule has 0 aliphatic heterocycles. The van der Waals surface area contributed by atoms with E-state index in [1.54, 1.807) is 24.3 Å². The number of carbonyl (C=O) groups is 2. The van der Waals surface area contributed by atoms with Crippen molar-refractivity contribution in [3.8, 4) is 0 Å². The highest BCUT2D eigenvalue weighted by molar-refractivity contribution is 7.86. The Kier molecular flexibility index (Phi) is 9.45. The first-order chi connectivity index (χ1) is 21.8. The number of anilines is 4. The zero-order valence-electron chi connectivity index (χ0n) is 25.3. The van der Waals surface area contributed by atoms with Crippen molar-refractivity contribution in [2.24, 2.45) is 0 Å². The Morgan fingerprint density at radius 1 is 0.565 bits per heavy atom. The first-order valence-corrected chi connectivity index (χ1v) is 17.7. The fraction of sp³-hybridized carbons (Fsp3) is 0.235. The summed E-state index contributed by atoms with van der Waals surface area (Å²) in [6.07, 6.45) is 4.46. The number of hydrogen-bond acceptors (Lipinski definition) is 10. The summed E-state index contributed by atoms with van der Waals surface area (Å²) >= 11 is 0. The van der Waals surface area contributed by atoms with E-state index in [9.17, 15) is 35.5 Å². The lowest BCUT2D eigenvalue weighted by Crippen LogP contribution is -2.23. The van der Waals surface area contributed by atoms with Crippen molar-refractivity contribution in [1.29, 1.82) is 0 Å². The second kappa shape index (κ2) is 13.2. The van der Waals surface area contributed by atoms with Crippen LogP contribution < -0.4 is 10.6 Å². The summed E-state index contributed by atoms with van der Waals surface area (Å²) in [6.45, 7) is 3.98. The van der Waals surface area contributed by atoms with Crippen LogP contribution >= 0.6 is 0 Å². The Bertz CT molecular complexity index is 1930. The van der Waals surface area contributed by atoms with E-state index in [-0.39, 0.29) is 45.0 Å². The topological polar surface area (TPSA) is 173 Å². The van der Waals surface area contributed by atoms with Gasteiger partial charge in [0, 0.05) is 11.1 Å². The van der Waals surface area contributed by atoms with Gasteiger partial charge >= 0.3 is 0 Å². The molecular weight excluding hydrogens is 629 g/mol. The van der Waals surface area contributed by atoms with Crippen molar-refractivity contribution in [1.82, 2.24) is 0 Å². The molecule has 4 aromatic rings. The first kappa shape index (κ1) is 33.0. The van der Waals surface area contributed by atoms with Crippen molar-refractivity contribution in [3.63, 3.8) is 0 Å². The molecule has 46 heavy (non-hydrogen) atoms. The lowest BCUT2D eigenvalue weighted by atomic mass is 9.82. The normalized spacial score (nSPS) is 12.9. The minimum atomic E-state index is -4.94.